The molecule has 0 aromatic carbocycles. The third-order valence-electron chi connectivity index (χ3n) is 2.91. The highest BCUT2D eigenvalue weighted by molar-refractivity contribution is 5.59. The van der Waals surface area contributed by atoms with Crippen molar-refractivity contribution in [3.63, 3.8) is 0 Å². The van der Waals surface area contributed by atoms with Crippen molar-refractivity contribution in [1.29, 1.82) is 0 Å². The molecular weight excluding hydrogens is 194 g/mol. The number of carbonyl (C=O) groups excluding carboxylic acids is 2. The molecule has 0 amide bonds. The van der Waals surface area contributed by atoms with Crippen LogP contribution in [0.3, 0.4) is 0 Å². The highest BCUT2D eigenvalue weighted by atomic mass is 16.3. The van der Waals surface area contributed by atoms with Crippen molar-refractivity contribution in [3.8, 4) is 0 Å². The third-order valence-corrected chi connectivity index (χ3v) is 2.91. The number of hydrogen-bond donors (Lipinski definition) is 2. The Labute approximate surface area is 90.0 Å². The van der Waals surface area contributed by atoms with Gasteiger partial charge in [0.15, 0.2) is 0 Å². The van der Waals surface area contributed by atoms with Crippen molar-refractivity contribution in [2.24, 2.45) is 0 Å². The van der Waals surface area contributed by atoms with E-state index >= 15 is 0 Å². The van der Waals surface area contributed by atoms with E-state index in [1.54, 1.807) is 0 Å². The Morgan fingerprint density at radius 2 is 1.93 bits per heavy atom. The zero-order chi connectivity index (χ0) is 11.1. The summed E-state index contributed by atoms with van der Waals surface area (Å²) in [5.41, 5.74) is 0. The highest BCUT2D eigenvalue weighted by Crippen LogP contribution is 2.18. The van der Waals surface area contributed by atoms with Gasteiger partial charge < -0.3 is 20.0 Å². The minimum absolute atomic E-state index is 0.173. The van der Waals surface area contributed by atoms with E-state index < -0.39 is 0 Å². The first-order valence-corrected chi connectivity index (χ1v) is 5.59. The smallest absolute Gasteiger partial charge is 0.136 e. The fourth-order valence-corrected chi connectivity index (χ4v) is 1.98. The maximum Gasteiger partial charge on any atom is 0.136 e. The lowest BCUT2D eigenvalue weighted by Crippen LogP contribution is -2.42. The monoisotopic (exact) mass is 213 g/mol. The Morgan fingerprint density at radius 3 is 2.47 bits per heavy atom. The van der Waals surface area contributed by atoms with Crippen LogP contribution in [0.25, 0.3) is 0 Å². The second kappa shape index (κ2) is 6.69. The Morgan fingerprint density at radius 1 is 1.27 bits per heavy atom. The fraction of sp³-hybridized carbons (Fsp3) is 0.818. The number of nitrogens with one attached hydrogen (secondary N) is 1. The largest absolute Gasteiger partial charge is 0.393 e. The van der Waals surface area contributed by atoms with Crippen LogP contribution in [0.15, 0.2) is 0 Å². The Hall–Kier alpha value is -0.740. The van der Waals surface area contributed by atoms with E-state index in [0.717, 1.165) is 38.3 Å². The van der Waals surface area contributed by atoms with Crippen molar-refractivity contribution >= 4 is 12.6 Å². The molecule has 4 nitrogen and oxygen atoms in total. The Bertz CT molecular complexity index is 200. The van der Waals surface area contributed by atoms with Crippen LogP contribution in [0.4, 0.5) is 0 Å². The van der Waals surface area contributed by atoms with Crippen LogP contribution in [0.1, 0.15) is 38.5 Å². The lowest BCUT2D eigenvalue weighted by atomic mass is 9.92. The molecular formula is C11H19NO3. The van der Waals surface area contributed by atoms with Crippen LogP contribution >= 0.6 is 0 Å². The summed E-state index contributed by atoms with van der Waals surface area (Å²) in [5, 5.41) is 12.5. The minimum Gasteiger partial charge on any atom is -0.393 e. The van der Waals surface area contributed by atoms with Gasteiger partial charge in [0.05, 0.1) is 12.1 Å². The van der Waals surface area contributed by atoms with Gasteiger partial charge in [0.1, 0.15) is 12.6 Å². The van der Waals surface area contributed by atoms with Gasteiger partial charge in [-0.2, -0.15) is 0 Å². The van der Waals surface area contributed by atoms with Gasteiger partial charge in [0.25, 0.3) is 0 Å². The lowest BCUT2D eigenvalue weighted by molar-refractivity contribution is -0.110. The molecule has 0 saturated heterocycles. The van der Waals surface area contributed by atoms with Crippen LogP contribution in [0, 0.1) is 0 Å². The van der Waals surface area contributed by atoms with Gasteiger partial charge in [0, 0.05) is 12.5 Å². The summed E-state index contributed by atoms with van der Waals surface area (Å²) in [6.45, 7) is 0. The van der Waals surface area contributed by atoms with Crippen molar-refractivity contribution in [1.82, 2.24) is 5.32 Å². The van der Waals surface area contributed by atoms with Gasteiger partial charge in [-0.25, -0.2) is 0 Å². The first kappa shape index (κ1) is 12.3. The van der Waals surface area contributed by atoms with E-state index in [0.29, 0.717) is 18.9 Å². The minimum atomic E-state index is -0.213. The quantitative estimate of drug-likeness (QED) is 0.628. The molecule has 0 aliphatic heterocycles. The van der Waals surface area contributed by atoms with Gasteiger partial charge in [-0.05, 0) is 32.1 Å². The first-order chi connectivity index (χ1) is 7.26. The number of rotatable bonds is 6. The van der Waals surface area contributed by atoms with E-state index in [9.17, 15) is 14.7 Å². The molecule has 0 spiro atoms. The molecule has 4 heteroatoms. The fourth-order valence-electron chi connectivity index (χ4n) is 1.98. The van der Waals surface area contributed by atoms with Gasteiger partial charge >= 0.3 is 0 Å². The summed E-state index contributed by atoms with van der Waals surface area (Å²) in [6, 6.07) is 0.102. The molecule has 1 aliphatic carbocycles. The molecule has 0 aromatic rings. The molecule has 1 atom stereocenters. The van der Waals surface area contributed by atoms with Crippen molar-refractivity contribution in [2.45, 2.75) is 56.7 Å². The van der Waals surface area contributed by atoms with E-state index in [1.165, 1.54) is 0 Å². The molecule has 1 saturated carbocycles. The zero-order valence-electron chi connectivity index (χ0n) is 8.89. The second-order valence-electron chi connectivity index (χ2n) is 4.16. The van der Waals surface area contributed by atoms with E-state index in [-0.39, 0.29) is 12.1 Å². The van der Waals surface area contributed by atoms with Crippen LogP contribution in [-0.4, -0.2) is 35.9 Å². The van der Waals surface area contributed by atoms with Crippen molar-refractivity contribution in [3.05, 3.63) is 0 Å². The zero-order valence-corrected chi connectivity index (χ0v) is 8.89. The molecule has 0 aromatic heterocycles. The molecule has 86 valence electrons. The van der Waals surface area contributed by atoms with Crippen molar-refractivity contribution < 1.29 is 14.7 Å². The molecule has 0 bridgehead atoms. The van der Waals surface area contributed by atoms with Gasteiger partial charge in [0.2, 0.25) is 0 Å². The first-order valence-electron chi connectivity index (χ1n) is 5.59. The molecule has 1 unspecified atom stereocenters. The molecule has 1 rings (SSSR count). The van der Waals surface area contributed by atoms with Crippen LogP contribution in [0.2, 0.25) is 0 Å². The van der Waals surface area contributed by atoms with E-state index in [1.807, 2.05) is 0 Å². The third kappa shape index (κ3) is 4.53. The topological polar surface area (TPSA) is 66.4 Å². The summed E-state index contributed by atoms with van der Waals surface area (Å²) >= 11 is 0. The molecule has 1 fully saturated rings. The van der Waals surface area contributed by atoms with E-state index in [4.69, 9.17) is 0 Å². The number of aliphatic hydroxyl groups is 1. The summed E-state index contributed by atoms with van der Waals surface area (Å²) in [7, 11) is 0. The average Bonchev–Trinajstić information content (AvgIpc) is 2.27. The van der Waals surface area contributed by atoms with Crippen LogP contribution in [0.5, 0.6) is 0 Å². The Balaban J connectivity index is 2.25. The summed E-state index contributed by atoms with van der Waals surface area (Å²) in [6.07, 6.45) is 5.95. The SMILES string of the molecule is O=CCCC(C=O)NC1CCC(O)CC1. The van der Waals surface area contributed by atoms with Crippen molar-refractivity contribution in [2.75, 3.05) is 0 Å². The van der Waals surface area contributed by atoms with Gasteiger partial charge in [-0.1, -0.05) is 0 Å². The predicted octanol–water partition coefficient (Wildman–Crippen LogP) is 0.426. The van der Waals surface area contributed by atoms with Gasteiger partial charge in [-0.15, -0.1) is 0 Å². The Kier molecular flexibility index (Phi) is 5.50. The summed E-state index contributed by atoms with van der Waals surface area (Å²) < 4.78 is 0. The normalized spacial score (nSPS) is 28.3. The van der Waals surface area contributed by atoms with E-state index in [2.05, 4.69) is 5.32 Å². The highest BCUT2D eigenvalue weighted by Gasteiger charge is 2.21. The number of aldehydes is 2. The molecule has 0 radical (unpaired) electrons. The number of aliphatic hydroxyl groups excluding tert-OH is 1. The van der Waals surface area contributed by atoms with Crippen LogP contribution < -0.4 is 5.32 Å². The number of carbonyl (C=O) groups is 2. The predicted molar refractivity (Wildman–Crippen MR) is 56.5 cm³/mol. The maximum atomic E-state index is 10.7. The van der Waals surface area contributed by atoms with Gasteiger partial charge in [-0.3, -0.25) is 0 Å². The molecule has 0 heterocycles. The second-order valence-corrected chi connectivity index (χ2v) is 4.16. The summed E-state index contributed by atoms with van der Waals surface area (Å²) in [5.74, 6) is 0. The summed E-state index contributed by atoms with van der Waals surface area (Å²) in [4.78, 5) is 20.9. The molecule has 1 aliphatic rings. The lowest BCUT2D eigenvalue weighted by Gasteiger charge is -2.28. The molecule has 15 heavy (non-hydrogen) atoms. The standard InChI is InChI=1S/C11H19NO3/c13-7-1-2-10(8-14)12-9-3-5-11(15)6-4-9/h7-12,15H,1-6H2. The van der Waals surface area contributed by atoms with Crippen LogP contribution in [-0.2, 0) is 9.59 Å². The average molecular weight is 213 g/mol. The molecule has 2 N–H and O–H groups in total. The maximum absolute atomic E-state index is 10.7. The number of hydrogen-bond acceptors (Lipinski definition) is 4.